The van der Waals surface area contributed by atoms with Crippen molar-refractivity contribution in [2.45, 2.75) is 37.9 Å². The third-order valence-corrected chi connectivity index (χ3v) is 4.45. The van der Waals surface area contributed by atoms with E-state index in [1.54, 1.807) is 4.90 Å². The quantitative estimate of drug-likeness (QED) is 0.800. The van der Waals surface area contributed by atoms with Crippen LogP contribution in [0.2, 0.25) is 0 Å². The SMILES string of the molecule is O=C(NC1CCN(C(=O)CCCCl)CC1)c1ccccc1C(F)(F)F. The number of hydrogen-bond donors (Lipinski definition) is 1. The number of carbonyl (C=O) groups is 2. The molecule has 1 aromatic rings. The molecule has 138 valence electrons. The van der Waals surface area contributed by atoms with E-state index in [2.05, 4.69) is 5.32 Å². The van der Waals surface area contributed by atoms with Crippen molar-refractivity contribution in [3.63, 3.8) is 0 Å². The van der Waals surface area contributed by atoms with Crippen molar-refractivity contribution in [3.8, 4) is 0 Å². The minimum absolute atomic E-state index is 0.0212. The highest BCUT2D eigenvalue weighted by Crippen LogP contribution is 2.31. The van der Waals surface area contributed by atoms with Crippen LogP contribution in [0.15, 0.2) is 24.3 Å². The van der Waals surface area contributed by atoms with E-state index in [1.165, 1.54) is 18.2 Å². The van der Waals surface area contributed by atoms with Crippen molar-refractivity contribution < 1.29 is 22.8 Å². The molecule has 1 fully saturated rings. The molecule has 1 aromatic carbocycles. The van der Waals surface area contributed by atoms with Crippen LogP contribution in [0.4, 0.5) is 13.2 Å². The fraction of sp³-hybridized carbons (Fsp3) is 0.529. The molecule has 0 aromatic heterocycles. The molecule has 0 aliphatic carbocycles. The smallest absolute Gasteiger partial charge is 0.349 e. The highest BCUT2D eigenvalue weighted by molar-refractivity contribution is 6.17. The molecule has 1 heterocycles. The molecule has 0 saturated carbocycles. The number of benzene rings is 1. The summed E-state index contributed by atoms with van der Waals surface area (Å²) in [5.74, 6) is -0.288. The number of piperidine rings is 1. The number of nitrogens with zero attached hydrogens (tertiary/aromatic N) is 1. The van der Waals surface area contributed by atoms with Crippen molar-refractivity contribution in [3.05, 3.63) is 35.4 Å². The first-order valence-electron chi connectivity index (χ1n) is 8.13. The summed E-state index contributed by atoms with van der Waals surface area (Å²) in [6, 6.07) is 4.48. The van der Waals surface area contributed by atoms with E-state index < -0.39 is 17.6 Å². The molecule has 1 aliphatic rings. The summed E-state index contributed by atoms with van der Waals surface area (Å²) in [4.78, 5) is 25.9. The van der Waals surface area contributed by atoms with Crippen LogP contribution in [0.3, 0.4) is 0 Å². The van der Waals surface area contributed by atoms with Gasteiger partial charge >= 0.3 is 6.18 Å². The lowest BCUT2D eigenvalue weighted by Gasteiger charge is -2.32. The summed E-state index contributed by atoms with van der Waals surface area (Å²) in [5.41, 5.74) is -1.32. The molecule has 1 aliphatic heterocycles. The third kappa shape index (κ3) is 5.36. The number of amides is 2. The van der Waals surface area contributed by atoms with Gasteiger partial charge in [-0.05, 0) is 31.4 Å². The van der Waals surface area contributed by atoms with E-state index >= 15 is 0 Å². The maximum atomic E-state index is 13.0. The van der Waals surface area contributed by atoms with Crippen LogP contribution in [0.5, 0.6) is 0 Å². The van der Waals surface area contributed by atoms with Crippen LogP contribution >= 0.6 is 11.6 Å². The molecule has 0 bridgehead atoms. The summed E-state index contributed by atoms with van der Waals surface area (Å²) in [6.07, 6.45) is -2.53. The second-order valence-electron chi connectivity index (χ2n) is 5.96. The summed E-state index contributed by atoms with van der Waals surface area (Å²) in [7, 11) is 0. The molecular formula is C17H20ClF3N2O2. The number of halogens is 4. The number of carbonyl (C=O) groups excluding carboxylic acids is 2. The molecule has 25 heavy (non-hydrogen) atoms. The maximum Gasteiger partial charge on any atom is 0.417 e. The lowest BCUT2D eigenvalue weighted by molar-refractivity contribution is -0.138. The normalized spacial score (nSPS) is 15.9. The van der Waals surface area contributed by atoms with Gasteiger partial charge in [-0.2, -0.15) is 13.2 Å². The Bertz CT molecular complexity index is 614. The lowest BCUT2D eigenvalue weighted by atomic mass is 10.0. The van der Waals surface area contributed by atoms with Crippen molar-refractivity contribution >= 4 is 23.4 Å². The topological polar surface area (TPSA) is 49.4 Å². The largest absolute Gasteiger partial charge is 0.417 e. The Morgan fingerprint density at radius 2 is 1.84 bits per heavy atom. The highest BCUT2D eigenvalue weighted by atomic mass is 35.5. The Kier molecular flexibility index (Phi) is 6.70. The van der Waals surface area contributed by atoms with Gasteiger partial charge in [0.1, 0.15) is 0 Å². The minimum Gasteiger partial charge on any atom is -0.349 e. The summed E-state index contributed by atoms with van der Waals surface area (Å²) >= 11 is 5.57. The van der Waals surface area contributed by atoms with E-state index in [0.29, 0.717) is 44.7 Å². The van der Waals surface area contributed by atoms with Crippen LogP contribution in [0.25, 0.3) is 0 Å². The number of likely N-dealkylation sites (tertiary alicyclic amines) is 1. The van der Waals surface area contributed by atoms with Crippen LogP contribution in [0.1, 0.15) is 41.6 Å². The summed E-state index contributed by atoms with van der Waals surface area (Å²) in [5, 5.41) is 2.65. The van der Waals surface area contributed by atoms with Crippen molar-refractivity contribution in [2.75, 3.05) is 19.0 Å². The Balaban J connectivity index is 1.92. The first kappa shape index (κ1) is 19.6. The van der Waals surface area contributed by atoms with Gasteiger partial charge in [0.05, 0.1) is 11.1 Å². The van der Waals surface area contributed by atoms with Gasteiger partial charge < -0.3 is 10.2 Å². The van der Waals surface area contributed by atoms with Gasteiger partial charge in [-0.25, -0.2) is 0 Å². The molecule has 0 spiro atoms. The van der Waals surface area contributed by atoms with E-state index in [9.17, 15) is 22.8 Å². The Hall–Kier alpha value is -1.76. The van der Waals surface area contributed by atoms with E-state index in [1.807, 2.05) is 0 Å². The van der Waals surface area contributed by atoms with Crippen molar-refractivity contribution in [2.24, 2.45) is 0 Å². The molecular weight excluding hydrogens is 357 g/mol. The second kappa shape index (κ2) is 8.56. The molecule has 0 unspecified atom stereocenters. The van der Waals surface area contributed by atoms with Crippen LogP contribution in [0, 0.1) is 0 Å². The Morgan fingerprint density at radius 3 is 2.44 bits per heavy atom. The predicted octanol–water partition coefficient (Wildman–Crippen LogP) is 3.45. The average molecular weight is 377 g/mol. The van der Waals surface area contributed by atoms with Gasteiger partial charge in [0.2, 0.25) is 5.91 Å². The number of rotatable bonds is 5. The van der Waals surface area contributed by atoms with Crippen molar-refractivity contribution in [1.82, 2.24) is 10.2 Å². The first-order valence-corrected chi connectivity index (χ1v) is 8.67. The molecule has 1 saturated heterocycles. The molecule has 2 rings (SSSR count). The van der Waals surface area contributed by atoms with E-state index in [4.69, 9.17) is 11.6 Å². The second-order valence-corrected chi connectivity index (χ2v) is 6.34. The zero-order valence-corrected chi connectivity index (χ0v) is 14.4. The average Bonchev–Trinajstić information content (AvgIpc) is 2.59. The van der Waals surface area contributed by atoms with Crippen LogP contribution in [-0.4, -0.2) is 41.7 Å². The molecule has 0 radical (unpaired) electrons. The highest BCUT2D eigenvalue weighted by Gasteiger charge is 2.35. The number of nitrogens with one attached hydrogen (secondary N) is 1. The predicted molar refractivity (Wildman–Crippen MR) is 88.5 cm³/mol. The fourth-order valence-corrected chi connectivity index (χ4v) is 2.97. The van der Waals surface area contributed by atoms with Gasteiger partial charge in [0.15, 0.2) is 0 Å². The number of alkyl halides is 4. The summed E-state index contributed by atoms with van der Waals surface area (Å²) < 4.78 is 39.0. The van der Waals surface area contributed by atoms with Gasteiger partial charge in [0, 0.05) is 31.4 Å². The molecule has 0 atom stereocenters. The summed E-state index contributed by atoms with van der Waals surface area (Å²) in [6.45, 7) is 0.958. The lowest BCUT2D eigenvalue weighted by Crippen LogP contribution is -2.46. The Labute approximate surface area is 149 Å². The minimum atomic E-state index is -4.58. The monoisotopic (exact) mass is 376 g/mol. The number of hydrogen-bond acceptors (Lipinski definition) is 2. The maximum absolute atomic E-state index is 13.0. The van der Waals surface area contributed by atoms with E-state index in [-0.39, 0.29) is 17.5 Å². The molecule has 8 heteroatoms. The van der Waals surface area contributed by atoms with E-state index in [0.717, 1.165) is 6.07 Å². The first-order chi connectivity index (χ1) is 11.8. The van der Waals surface area contributed by atoms with Gasteiger partial charge in [-0.1, -0.05) is 12.1 Å². The molecule has 2 amide bonds. The zero-order valence-electron chi connectivity index (χ0n) is 13.6. The third-order valence-electron chi connectivity index (χ3n) is 4.18. The van der Waals surface area contributed by atoms with Gasteiger partial charge in [-0.3, -0.25) is 9.59 Å². The van der Waals surface area contributed by atoms with Gasteiger partial charge in [-0.15, -0.1) is 11.6 Å². The fourth-order valence-electron chi connectivity index (χ4n) is 2.84. The van der Waals surface area contributed by atoms with Crippen LogP contribution < -0.4 is 5.32 Å². The molecule has 4 nitrogen and oxygen atoms in total. The molecule has 1 N–H and O–H groups in total. The standard InChI is InChI=1S/C17H20ClF3N2O2/c18-9-3-6-15(24)23-10-7-12(8-11-23)22-16(25)13-4-1-2-5-14(13)17(19,20)21/h1-2,4-5,12H,3,6-11H2,(H,22,25). The van der Waals surface area contributed by atoms with Crippen molar-refractivity contribution in [1.29, 1.82) is 0 Å². The van der Waals surface area contributed by atoms with Gasteiger partial charge in [0.25, 0.3) is 5.91 Å². The van der Waals surface area contributed by atoms with Crippen LogP contribution in [-0.2, 0) is 11.0 Å². The zero-order chi connectivity index (χ0) is 18.4. The Morgan fingerprint density at radius 1 is 1.20 bits per heavy atom.